The van der Waals surface area contributed by atoms with E-state index >= 15 is 0 Å². The molecule has 1 heterocycles. The minimum atomic E-state index is -1.05. The van der Waals surface area contributed by atoms with E-state index in [4.69, 9.17) is 15.2 Å². The van der Waals surface area contributed by atoms with Gasteiger partial charge in [0.15, 0.2) is 0 Å². The number of hydrogen-bond acceptors (Lipinski definition) is 5. The Morgan fingerprint density at radius 1 is 1.18 bits per heavy atom. The lowest BCUT2D eigenvalue weighted by Crippen LogP contribution is -2.22. The van der Waals surface area contributed by atoms with E-state index in [0.717, 1.165) is 5.56 Å². The number of benzene rings is 3. The topological polar surface area (TPSA) is 106 Å². The van der Waals surface area contributed by atoms with Gasteiger partial charge in [-0.2, -0.15) is 5.26 Å². The average Bonchev–Trinajstić information content (AvgIpc) is 2.72. The summed E-state index contributed by atoms with van der Waals surface area (Å²) in [6.45, 7) is 0. The Morgan fingerprint density at radius 3 is 2.61 bits per heavy atom. The number of allylic oxidation sites excluding steroid dienone is 1. The van der Waals surface area contributed by atoms with Crippen molar-refractivity contribution in [1.82, 2.24) is 0 Å². The summed E-state index contributed by atoms with van der Waals surface area (Å²) in [5.74, 6) is -0.516. The first kappa shape index (κ1) is 17.4. The van der Waals surface area contributed by atoms with Gasteiger partial charge in [-0.15, -0.1) is 0 Å². The van der Waals surface area contributed by atoms with E-state index in [2.05, 4.69) is 6.07 Å². The molecule has 1 unspecified atom stereocenters. The number of rotatable bonds is 3. The van der Waals surface area contributed by atoms with Crippen LogP contribution in [-0.2, 0) is 0 Å². The number of fused-ring (bicyclic) bond motifs is 3. The van der Waals surface area contributed by atoms with Gasteiger partial charge < -0.3 is 20.3 Å². The van der Waals surface area contributed by atoms with Crippen LogP contribution in [0.5, 0.6) is 11.5 Å². The SMILES string of the molecule is COc1cccc(C2C(C#N)=C(N)Oc3c2cc(C(=O)O)c2ccccc32)c1. The molecule has 28 heavy (non-hydrogen) atoms. The Hall–Kier alpha value is -3.98. The molecule has 0 fully saturated rings. The quantitative estimate of drug-likeness (QED) is 0.725. The number of ether oxygens (including phenoxy) is 2. The van der Waals surface area contributed by atoms with Gasteiger partial charge in [0.1, 0.15) is 23.1 Å². The molecule has 3 aromatic carbocycles. The fourth-order valence-corrected chi connectivity index (χ4v) is 3.63. The van der Waals surface area contributed by atoms with E-state index in [1.54, 1.807) is 49.6 Å². The van der Waals surface area contributed by atoms with Crippen molar-refractivity contribution in [2.45, 2.75) is 5.92 Å². The highest BCUT2D eigenvalue weighted by Gasteiger charge is 2.33. The van der Waals surface area contributed by atoms with E-state index in [1.807, 2.05) is 12.1 Å². The molecule has 0 spiro atoms. The first-order valence-corrected chi connectivity index (χ1v) is 8.55. The summed E-state index contributed by atoms with van der Waals surface area (Å²) in [6, 6.07) is 18.0. The van der Waals surface area contributed by atoms with Crippen molar-refractivity contribution in [2.24, 2.45) is 5.73 Å². The molecule has 138 valence electrons. The van der Waals surface area contributed by atoms with E-state index in [9.17, 15) is 15.2 Å². The van der Waals surface area contributed by atoms with Gasteiger partial charge in [-0.05, 0) is 29.1 Å². The van der Waals surface area contributed by atoms with Crippen LogP contribution in [0.4, 0.5) is 0 Å². The van der Waals surface area contributed by atoms with E-state index in [-0.39, 0.29) is 17.0 Å². The van der Waals surface area contributed by atoms with Crippen LogP contribution in [0.25, 0.3) is 10.8 Å². The summed E-state index contributed by atoms with van der Waals surface area (Å²) in [7, 11) is 1.56. The zero-order valence-corrected chi connectivity index (χ0v) is 15.0. The zero-order valence-electron chi connectivity index (χ0n) is 15.0. The van der Waals surface area contributed by atoms with Crippen LogP contribution >= 0.6 is 0 Å². The van der Waals surface area contributed by atoms with Gasteiger partial charge in [-0.3, -0.25) is 0 Å². The number of nitriles is 1. The molecule has 0 amide bonds. The molecule has 6 nitrogen and oxygen atoms in total. The summed E-state index contributed by atoms with van der Waals surface area (Å²) in [6.07, 6.45) is 0. The van der Waals surface area contributed by atoms with Gasteiger partial charge in [0.25, 0.3) is 0 Å². The average molecular weight is 372 g/mol. The summed E-state index contributed by atoms with van der Waals surface area (Å²) < 4.78 is 11.1. The first-order chi connectivity index (χ1) is 13.5. The number of methoxy groups -OCH3 is 1. The van der Waals surface area contributed by atoms with Crippen LogP contribution in [0.3, 0.4) is 0 Å². The fraction of sp³-hybridized carbons (Fsp3) is 0.0909. The van der Waals surface area contributed by atoms with Gasteiger partial charge in [0, 0.05) is 10.9 Å². The highest BCUT2D eigenvalue weighted by molar-refractivity contribution is 6.06. The highest BCUT2D eigenvalue weighted by atomic mass is 16.5. The second-order valence-electron chi connectivity index (χ2n) is 6.39. The summed E-state index contributed by atoms with van der Waals surface area (Å²) >= 11 is 0. The molecule has 1 aliphatic rings. The predicted molar refractivity (Wildman–Crippen MR) is 103 cm³/mol. The molecule has 0 saturated heterocycles. The number of carbonyl (C=O) groups is 1. The molecule has 0 saturated carbocycles. The molecular formula is C22H16N2O4. The normalized spacial score (nSPS) is 15.5. The smallest absolute Gasteiger partial charge is 0.336 e. The molecule has 1 atom stereocenters. The second kappa shape index (κ2) is 6.63. The maximum atomic E-state index is 11.9. The van der Waals surface area contributed by atoms with Crippen LogP contribution in [0.15, 0.2) is 66.1 Å². The van der Waals surface area contributed by atoms with Gasteiger partial charge >= 0.3 is 5.97 Å². The number of carboxylic acids is 1. The Kier molecular flexibility index (Phi) is 4.13. The van der Waals surface area contributed by atoms with E-state index < -0.39 is 11.9 Å². The van der Waals surface area contributed by atoms with Crippen molar-refractivity contribution < 1.29 is 19.4 Å². The Labute approximate surface area is 161 Å². The van der Waals surface area contributed by atoms with E-state index in [1.165, 1.54) is 0 Å². The maximum absolute atomic E-state index is 11.9. The van der Waals surface area contributed by atoms with Crippen LogP contribution < -0.4 is 15.2 Å². The van der Waals surface area contributed by atoms with Crippen molar-refractivity contribution in [3.63, 3.8) is 0 Å². The summed E-state index contributed by atoms with van der Waals surface area (Å²) in [5.41, 5.74) is 7.79. The molecule has 4 rings (SSSR count). The molecule has 0 bridgehead atoms. The third-order valence-electron chi connectivity index (χ3n) is 4.88. The van der Waals surface area contributed by atoms with Gasteiger partial charge in [-0.25, -0.2) is 4.79 Å². The summed E-state index contributed by atoms with van der Waals surface area (Å²) in [4.78, 5) is 11.9. The third-order valence-corrected chi connectivity index (χ3v) is 4.88. The maximum Gasteiger partial charge on any atom is 0.336 e. The molecule has 3 aromatic rings. The monoisotopic (exact) mass is 372 g/mol. The van der Waals surface area contributed by atoms with Crippen molar-refractivity contribution in [3.05, 3.63) is 82.7 Å². The lowest BCUT2D eigenvalue weighted by atomic mass is 9.81. The number of nitrogens with two attached hydrogens (primary N) is 1. The molecule has 0 aliphatic carbocycles. The molecule has 1 aliphatic heterocycles. The Balaban J connectivity index is 2.07. The molecular weight excluding hydrogens is 356 g/mol. The lowest BCUT2D eigenvalue weighted by Gasteiger charge is -2.28. The molecule has 6 heteroatoms. The Morgan fingerprint density at radius 2 is 1.93 bits per heavy atom. The summed E-state index contributed by atoms with van der Waals surface area (Å²) in [5, 5.41) is 20.6. The van der Waals surface area contributed by atoms with Gasteiger partial charge in [0.2, 0.25) is 5.88 Å². The lowest BCUT2D eigenvalue weighted by molar-refractivity contribution is 0.0699. The molecule has 0 aromatic heterocycles. The number of aromatic carboxylic acids is 1. The van der Waals surface area contributed by atoms with Crippen LogP contribution in [-0.4, -0.2) is 18.2 Å². The van der Waals surface area contributed by atoms with Crippen LogP contribution in [0, 0.1) is 11.3 Å². The van der Waals surface area contributed by atoms with Crippen LogP contribution in [0.2, 0.25) is 0 Å². The molecule has 0 radical (unpaired) electrons. The van der Waals surface area contributed by atoms with Crippen LogP contribution in [0.1, 0.15) is 27.4 Å². The number of carboxylic acid groups (broad SMARTS) is 1. The standard InChI is InChI=1S/C22H16N2O4/c1-27-13-6-4-5-12(9-13)19-17-10-16(22(25)26)14-7-2-3-8-15(14)20(17)28-21(24)18(19)11-23/h2-10,19H,24H2,1H3,(H,25,26). The zero-order chi connectivity index (χ0) is 19.8. The van der Waals surface area contributed by atoms with Crippen molar-refractivity contribution in [3.8, 4) is 17.6 Å². The van der Waals surface area contributed by atoms with Crippen molar-refractivity contribution in [2.75, 3.05) is 7.11 Å². The second-order valence-corrected chi connectivity index (χ2v) is 6.39. The van der Waals surface area contributed by atoms with E-state index in [0.29, 0.717) is 27.8 Å². The van der Waals surface area contributed by atoms with Crippen molar-refractivity contribution in [1.29, 1.82) is 5.26 Å². The third kappa shape index (κ3) is 2.61. The van der Waals surface area contributed by atoms with Gasteiger partial charge in [0.05, 0.1) is 18.6 Å². The fourth-order valence-electron chi connectivity index (χ4n) is 3.63. The Bertz CT molecular complexity index is 1190. The largest absolute Gasteiger partial charge is 0.497 e. The van der Waals surface area contributed by atoms with Gasteiger partial charge in [-0.1, -0.05) is 36.4 Å². The number of nitrogens with zero attached hydrogens (tertiary/aromatic N) is 1. The predicted octanol–water partition coefficient (Wildman–Crippen LogP) is 3.76. The minimum absolute atomic E-state index is 0.0102. The molecule has 3 N–H and O–H groups in total. The first-order valence-electron chi connectivity index (χ1n) is 8.55. The number of hydrogen-bond donors (Lipinski definition) is 2. The highest BCUT2D eigenvalue weighted by Crippen LogP contribution is 2.46. The van der Waals surface area contributed by atoms with Crippen molar-refractivity contribution >= 4 is 16.7 Å². The minimum Gasteiger partial charge on any atom is -0.497 e.